The van der Waals surface area contributed by atoms with Gasteiger partial charge >= 0.3 is 19.8 Å². The van der Waals surface area contributed by atoms with Crippen LogP contribution >= 0.6 is 7.82 Å². The molecular weight excluding hydrogens is 545 g/mol. The molecule has 3 N–H and O–H groups in total. The molecule has 244 valence electrons. The third-order valence-corrected chi connectivity index (χ3v) is 7.95. The molecule has 0 amide bonds. The van der Waals surface area contributed by atoms with E-state index in [9.17, 15) is 19.0 Å². The molecule has 0 spiro atoms. The molecule has 0 radical (unpaired) electrons. The summed E-state index contributed by atoms with van der Waals surface area (Å²) < 4.78 is 31.9. The lowest BCUT2D eigenvalue weighted by Crippen LogP contribution is -2.29. The maximum absolute atomic E-state index is 12.3. The van der Waals surface area contributed by atoms with E-state index >= 15 is 0 Å². The summed E-state index contributed by atoms with van der Waals surface area (Å²) in [4.78, 5) is 33.7. The second-order valence-corrected chi connectivity index (χ2v) is 12.5. The average Bonchev–Trinajstić information content (AvgIpc) is 2.94. The number of unbranched alkanes of at least 4 members (excludes halogenated alkanes) is 18. The van der Waals surface area contributed by atoms with Crippen LogP contribution in [-0.4, -0.2) is 49.3 Å². The highest BCUT2D eigenvalue weighted by atomic mass is 31.2. The molecule has 0 fully saturated rings. The van der Waals surface area contributed by atoms with Gasteiger partial charge in [-0.1, -0.05) is 129 Å². The molecule has 41 heavy (non-hydrogen) atoms. The monoisotopic (exact) mass is 607 g/mol. The lowest BCUT2D eigenvalue weighted by atomic mass is 10.0. The highest BCUT2D eigenvalue weighted by Gasteiger charge is 2.25. The van der Waals surface area contributed by atoms with Gasteiger partial charge < -0.3 is 20.1 Å². The van der Waals surface area contributed by atoms with Crippen LogP contribution in [0.15, 0.2) is 0 Å². The summed E-state index contributed by atoms with van der Waals surface area (Å²) >= 11 is 0. The van der Waals surface area contributed by atoms with Crippen LogP contribution in [0.2, 0.25) is 0 Å². The van der Waals surface area contributed by atoms with Crippen molar-refractivity contribution in [3.05, 3.63) is 0 Å². The largest absolute Gasteiger partial charge is 0.472 e. The van der Waals surface area contributed by atoms with E-state index < -0.39 is 32.5 Å². The first-order chi connectivity index (χ1) is 19.8. The van der Waals surface area contributed by atoms with Crippen molar-refractivity contribution in [2.24, 2.45) is 5.73 Å². The van der Waals surface area contributed by atoms with E-state index in [2.05, 4.69) is 11.4 Å². The molecule has 0 aliphatic rings. The van der Waals surface area contributed by atoms with Gasteiger partial charge in [0.2, 0.25) is 0 Å². The smallest absolute Gasteiger partial charge is 0.462 e. The Bertz CT molecular complexity index is 664. The van der Waals surface area contributed by atoms with Crippen LogP contribution in [0.3, 0.4) is 0 Å². The summed E-state index contributed by atoms with van der Waals surface area (Å²) in [5.41, 5.74) is 5.27. The average molecular weight is 608 g/mol. The molecular formula is C31H62NO8P. The Morgan fingerprint density at radius 3 is 1.54 bits per heavy atom. The summed E-state index contributed by atoms with van der Waals surface area (Å²) in [6.45, 7) is 3.34. The van der Waals surface area contributed by atoms with Crippen molar-refractivity contribution in [2.45, 2.75) is 161 Å². The Morgan fingerprint density at radius 1 is 0.634 bits per heavy atom. The molecule has 0 aromatic rings. The number of carbonyl (C=O) groups is 2. The normalized spacial score (nSPS) is 13.6. The maximum atomic E-state index is 12.3. The van der Waals surface area contributed by atoms with E-state index in [1.54, 1.807) is 0 Å². The lowest BCUT2D eigenvalue weighted by molar-refractivity contribution is -0.161. The van der Waals surface area contributed by atoms with Gasteiger partial charge in [0.15, 0.2) is 6.10 Å². The standard InChI is InChI=1S/C31H62NO8P/c1-3-5-6-7-8-9-10-11-12-13-14-15-16-17-18-19-20-21-22-24-31(34)40-29(27-37-30(33)23-4-2)28-39-41(35,36)38-26-25-32/h29H,3-28,32H2,1-2H3,(H,35,36). The lowest BCUT2D eigenvalue weighted by Gasteiger charge is -2.19. The van der Waals surface area contributed by atoms with Crippen molar-refractivity contribution in [1.29, 1.82) is 0 Å². The molecule has 0 saturated carbocycles. The maximum Gasteiger partial charge on any atom is 0.472 e. The fraction of sp³-hybridized carbons (Fsp3) is 0.935. The van der Waals surface area contributed by atoms with Crippen LogP contribution in [0.25, 0.3) is 0 Å². The number of carbonyl (C=O) groups excluding carboxylic acids is 2. The fourth-order valence-corrected chi connectivity index (χ4v) is 5.32. The molecule has 10 heteroatoms. The molecule has 0 aromatic carbocycles. The second kappa shape index (κ2) is 29.1. The Balaban J connectivity index is 3.84. The van der Waals surface area contributed by atoms with Crippen molar-refractivity contribution < 1.29 is 37.6 Å². The van der Waals surface area contributed by atoms with Crippen LogP contribution in [0.4, 0.5) is 0 Å². The van der Waals surface area contributed by atoms with Crippen molar-refractivity contribution in [2.75, 3.05) is 26.4 Å². The van der Waals surface area contributed by atoms with Crippen LogP contribution in [-0.2, 0) is 32.7 Å². The van der Waals surface area contributed by atoms with Gasteiger partial charge in [-0.15, -0.1) is 0 Å². The molecule has 0 rings (SSSR count). The Kier molecular flexibility index (Phi) is 28.4. The van der Waals surface area contributed by atoms with Gasteiger partial charge in [-0.25, -0.2) is 4.57 Å². The van der Waals surface area contributed by atoms with Gasteiger partial charge in [0.25, 0.3) is 0 Å². The number of ether oxygens (including phenoxy) is 2. The minimum absolute atomic E-state index is 0.0559. The predicted molar refractivity (Wildman–Crippen MR) is 165 cm³/mol. The number of phosphoric acid groups is 1. The van der Waals surface area contributed by atoms with Gasteiger partial charge in [-0.2, -0.15) is 0 Å². The van der Waals surface area contributed by atoms with Gasteiger partial charge in [0.1, 0.15) is 6.61 Å². The molecule has 0 bridgehead atoms. The number of nitrogens with two attached hydrogens (primary N) is 1. The first-order valence-corrected chi connectivity index (χ1v) is 18.0. The SMILES string of the molecule is CCCCCCCCCCCCCCCCCCCCCC(=O)OC(COC(=O)CCC)COP(=O)(O)OCCN. The molecule has 0 heterocycles. The van der Waals surface area contributed by atoms with E-state index in [4.69, 9.17) is 19.7 Å². The molecule has 0 aliphatic carbocycles. The molecule has 0 aromatic heterocycles. The summed E-state index contributed by atoms with van der Waals surface area (Å²) in [6, 6.07) is 0. The van der Waals surface area contributed by atoms with Crippen LogP contribution < -0.4 is 5.73 Å². The van der Waals surface area contributed by atoms with E-state index in [0.29, 0.717) is 12.8 Å². The first-order valence-electron chi connectivity index (χ1n) is 16.5. The highest BCUT2D eigenvalue weighted by Crippen LogP contribution is 2.43. The van der Waals surface area contributed by atoms with Crippen molar-refractivity contribution in [3.63, 3.8) is 0 Å². The van der Waals surface area contributed by atoms with Crippen molar-refractivity contribution in [1.82, 2.24) is 0 Å². The number of rotatable bonds is 31. The molecule has 2 atom stereocenters. The fourth-order valence-electron chi connectivity index (χ4n) is 4.55. The van der Waals surface area contributed by atoms with Crippen LogP contribution in [0.1, 0.15) is 155 Å². The van der Waals surface area contributed by atoms with Gasteiger partial charge in [0.05, 0.1) is 13.2 Å². The van der Waals surface area contributed by atoms with Gasteiger partial charge in [-0.3, -0.25) is 18.6 Å². The van der Waals surface area contributed by atoms with E-state index in [-0.39, 0.29) is 32.6 Å². The van der Waals surface area contributed by atoms with E-state index in [0.717, 1.165) is 12.8 Å². The Labute approximate surface area is 250 Å². The molecule has 0 aliphatic heterocycles. The number of hydrogen-bond acceptors (Lipinski definition) is 8. The third-order valence-electron chi connectivity index (χ3n) is 6.96. The number of esters is 2. The van der Waals surface area contributed by atoms with Gasteiger partial charge in [-0.05, 0) is 12.8 Å². The van der Waals surface area contributed by atoms with Crippen molar-refractivity contribution in [3.8, 4) is 0 Å². The summed E-state index contributed by atoms with van der Waals surface area (Å²) in [5.74, 6) is -0.883. The predicted octanol–water partition coefficient (Wildman–Crippen LogP) is 8.16. The second-order valence-electron chi connectivity index (χ2n) is 11.0. The minimum Gasteiger partial charge on any atom is -0.462 e. The third kappa shape index (κ3) is 28.9. The molecule has 9 nitrogen and oxygen atoms in total. The number of hydrogen-bond donors (Lipinski definition) is 2. The zero-order valence-electron chi connectivity index (χ0n) is 26.3. The zero-order valence-corrected chi connectivity index (χ0v) is 27.2. The van der Waals surface area contributed by atoms with Gasteiger partial charge in [0, 0.05) is 19.4 Å². The quantitative estimate of drug-likeness (QED) is 0.0454. The first kappa shape index (κ1) is 40.0. The van der Waals surface area contributed by atoms with Crippen LogP contribution in [0, 0.1) is 0 Å². The van der Waals surface area contributed by atoms with Crippen LogP contribution in [0.5, 0.6) is 0 Å². The summed E-state index contributed by atoms with van der Waals surface area (Å²) in [5, 5.41) is 0. The zero-order chi connectivity index (χ0) is 30.4. The molecule has 2 unspecified atom stereocenters. The summed E-state index contributed by atoms with van der Waals surface area (Å²) in [7, 11) is -4.34. The minimum atomic E-state index is -4.34. The summed E-state index contributed by atoms with van der Waals surface area (Å²) in [6.07, 6.45) is 24.5. The van der Waals surface area contributed by atoms with Crippen molar-refractivity contribution >= 4 is 19.8 Å². The highest BCUT2D eigenvalue weighted by molar-refractivity contribution is 7.47. The van der Waals surface area contributed by atoms with E-state index in [1.807, 2.05) is 6.92 Å². The molecule has 0 saturated heterocycles. The number of phosphoric ester groups is 1. The Hall–Kier alpha value is -0.990. The van der Waals surface area contributed by atoms with E-state index in [1.165, 1.54) is 103 Å². The topological polar surface area (TPSA) is 134 Å². The Morgan fingerprint density at radius 2 is 1.10 bits per heavy atom.